The van der Waals surface area contributed by atoms with Crippen LogP contribution in [0.4, 0.5) is 0 Å². The molecule has 114 valence electrons. The molecule has 6 nitrogen and oxygen atoms in total. The minimum absolute atomic E-state index is 0.195. The van der Waals surface area contributed by atoms with E-state index in [1.807, 2.05) is 30.3 Å². The minimum Gasteiger partial charge on any atom is -0.480 e. The van der Waals surface area contributed by atoms with Crippen LogP contribution in [0.5, 0.6) is 0 Å². The lowest BCUT2D eigenvalue weighted by molar-refractivity contribution is -0.145. The fourth-order valence-electron chi connectivity index (χ4n) is 1.67. The highest BCUT2D eigenvalue weighted by Gasteiger charge is 2.18. The van der Waals surface area contributed by atoms with Crippen molar-refractivity contribution in [3.63, 3.8) is 0 Å². The summed E-state index contributed by atoms with van der Waals surface area (Å²) in [7, 11) is 0. The molecule has 0 aliphatic carbocycles. The number of hydrogen-bond donors (Lipinski definition) is 2. The van der Waals surface area contributed by atoms with Gasteiger partial charge < -0.3 is 15.7 Å². The third-order valence-electron chi connectivity index (χ3n) is 2.57. The van der Waals surface area contributed by atoms with Crippen LogP contribution < -0.4 is 5.73 Å². The lowest BCUT2D eigenvalue weighted by atomic mass is 10.3. The maximum absolute atomic E-state index is 11.9. The Labute approximate surface area is 127 Å². The van der Waals surface area contributed by atoms with E-state index in [9.17, 15) is 14.4 Å². The number of benzene rings is 1. The highest BCUT2D eigenvalue weighted by atomic mass is 32.2. The molecule has 0 unspecified atom stereocenters. The molecule has 7 heteroatoms. The number of nitrogens with two attached hydrogens (primary N) is 1. The fraction of sp³-hybridized carbons (Fsp3) is 0.357. The van der Waals surface area contributed by atoms with Crippen LogP contribution in [0.15, 0.2) is 35.2 Å². The number of primary amides is 1. The van der Waals surface area contributed by atoms with E-state index < -0.39 is 18.4 Å². The average molecular weight is 310 g/mol. The Bertz CT molecular complexity index is 477. The summed E-state index contributed by atoms with van der Waals surface area (Å²) in [6.07, 6.45) is 0.799. The van der Waals surface area contributed by atoms with E-state index in [1.54, 1.807) is 11.8 Å². The summed E-state index contributed by atoms with van der Waals surface area (Å²) < 4.78 is 0. The van der Waals surface area contributed by atoms with Crippen molar-refractivity contribution in [2.45, 2.75) is 17.7 Å². The molecule has 0 aromatic heterocycles. The molecule has 0 saturated heterocycles. The van der Waals surface area contributed by atoms with E-state index in [2.05, 4.69) is 0 Å². The molecule has 0 aliphatic rings. The third kappa shape index (κ3) is 7.36. The van der Waals surface area contributed by atoms with Gasteiger partial charge in [0.05, 0.1) is 6.54 Å². The molecule has 0 radical (unpaired) electrons. The molecule has 1 rings (SSSR count). The predicted octanol–water partition coefficient (Wildman–Crippen LogP) is 0.957. The van der Waals surface area contributed by atoms with Crippen LogP contribution in [0.1, 0.15) is 12.8 Å². The number of hydrogen-bond acceptors (Lipinski definition) is 4. The van der Waals surface area contributed by atoms with Gasteiger partial charge in [0.15, 0.2) is 0 Å². The maximum atomic E-state index is 11.9. The maximum Gasteiger partial charge on any atom is 0.323 e. The minimum atomic E-state index is -1.16. The molecule has 0 saturated carbocycles. The first kappa shape index (κ1) is 17.0. The monoisotopic (exact) mass is 310 g/mol. The Morgan fingerprint density at radius 1 is 1.14 bits per heavy atom. The second kappa shape index (κ2) is 9.02. The van der Waals surface area contributed by atoms with Gasteiger partial charge in [0.2, 0.25) is 11.8 Å². The number of rotatable bonds is 9. The van der Waals surface area contributed by atoms with Crippen molar-refractivity contribution in [3.8, 4) is 0 Å². The summed E-state index contributed by atoms with van der Waals surface area (Å²) in [6, 6.07) is 9.78. The Hall–Kier alpha value is -2.02. The summed E-state index contributed by atoms with van der Waals surface area (Å²) in [5, 5.41) is 8.72. The number of aliphatic carboxylic acids is 1. The summed E-state index contributed by atoms with van der Waals surface area (Å²) in [4.78, 5) is 35.5. The van der Waals surface area contributed by atoms with E-state index in [0.29, 0.717) is 6.42 Å². The van der Waals surface area contributed by atoms with E-state index in [4.69, 9.17) is 10.8 Å². The van der Waals surface area contributed by atoms with Crippen LogP contribution in [0.25, 0.3) is 0 Å². The van der Waals surface area contributed by atoms with Crippen molar-refractivity contribution in [1.82, 2.24) is 4.90 Å². The highest BCUT2D eigenvalue weighted by molar-refractivity contribution is 7.99. The predicted molar refractivity (Wildman–Crippen MR) is 79.8 cm³/mol. The number of carbonyl (C=O) groups excluding carboxylic acids is 2. The van der Waals surface area contributed by atoms with Crippen molar-refractivity contribution in [3.05, 3.63) is 30.3 Å². The largest absolute Gasteiger partial charge is 0.480 e. The summed E-state index contributed by atoms with van der Waals surface area (Å²) in [6.45, 7) is -0.870. The summed E-state index contributed by atoms with van der Waals surface area (Å²) in [5.41, 5.74) is 5.01. The van der Waals surface area contributed by atoms with Crippen LogP contribution in [-0.2, 0) is 14.4 Å². The van der Waals surface area contributed by atoms with E-state index in [1.165, 1.54) is 0 Å². The van der Waals surface area contributed by atoms with Gasteiger partial charge in [0.25, 0.3) is 0 Å². The molecule has 2 amide bonds. The number of thioether (sulfide) groups is 1. The molecule has 0 spiro atoms. The Balaban J connectivity index is 2.35. The van der Waals surface area contributed by atoms with E-state index >= 15 is 0 Å². The van der Waals surface area contributed by atoms with Gasteiger partial charge in [0, 0.05) is 11.3 Å². The number of carboxylic acids is 1. The van der Waals surface area contributed by atoms with Crippen molar-refractivity contribution < 1.29 is 19.5 Å². The molecule has 3 N–H and O–H groups in total. The standard InChI is InChI=1S/C14H18N2O4S/c15-12(17)9-16(10-14(19)20)13(18)7-4-8-21-11-5-2-1-3-6-11/h1-3,5-6H,4,7-10H2,(H2,15,17)(H,19,20). The molecule has 0 atom stereocenters. The van der Waals surface area contributed by atoms with Crippen LogP contribution in [0.2, 0.25) is 0 Å². The molecule has 0 bridgehead atoms. The van der Waals surface area contributed by atoms with E-state index in [0.717, 1.165) is 15.5 Å². The smallest absolute Gasteiger partial charge is 0.323 e. The molecular formula is C14H18N2O4S. The highest BCUT2D eigenvalue weighted by Crippen LogP contribution is 2.18. The zero-order chi connectivity index (χ0) is 15.7. The Morgan fingerprint density at radius 2 is 1.81 bits per heavy atom. The molecule has 0 fully saturated rings. The molecular weight excluding hydrogens is 292 g/mol. The van der Waals surface area contributed by atoms with Crippen molar-refractivity contribution in [2.24, 2.45) is 5.73 Å². The van der Waals surface area contributed by atoms with Gasteiger partial charge in [-0.15, -0.1) is 11.8 Å². The van der Waals surface area contributed by atoms with Crippen molar-refractivity contribution in [2.75, 3.05) is 18.8 Å². The number of nitrogens with zero attached hydrogens (tertiary/aromatic N) is 1. The Kier molecular flexibility index (Phi) is 7.31. The van der Waals surface area contributed by atoms with Gasteiger partial charge in [-0.05, 0) is 24.3 Å². The molecule has 21 heavy (non-hydrogen) atoms. The number of carbonyl (C=O) groups is 3. The number of carboxylic acid groups (broad SMARTS) is 1. The van der Waals surface area contributed by atoms with Gasteiger partial charge in [-0.1, -0.05) is 18.2 Å². The SMILES string of the molecule is NC(=O)CN(CC(=O)O)C(=O)CCCSc1ccccc1. The van der Waals surface area contributed by atoms with Crippen LogP contribution in [-0.4, -0.2) is 46.6 Å². The topological polar surface area (TPSA) is 101 Å². The van der Waals surface area contributed by atoms with E-state index in [-0.39, 0.29) is 18.9 Å². The second-order valence-corrected chi connectivity index (χ2v) is 5.54. The zero-order valence-corrected chi connectivity index (χ0v) is 12.3. The molecule has 0 heterocycles. The third-order valence-corrected chi connectivity index (χ3v) is 3.67. The lowest BCUT2D eigenvalue weighted by Gasteiger charge is -2.18. The van der Waals surface area contributed by atoms with Gasteiger partial charge in [-0.3, -0.25) is 14.4 Å². The summed E-state index contributed by atoms with van der Waals surface area (Å²) >= 11 is 1.62. The fourth-order valence-corrected chi connectivity index (χ4v) is 2.55. The van der Waals surface area contributed by atoms with Crippen molar-refractivity contribution in [1.29, 1.82) is 0 Å². The average Bonchev–Trinajstić information content (AvgIpc) is 2.43. The lowest BCUT2D eigenvalue weighted by Crippen LogP contribution is -2.41. The first-order valence-corrected chi connectivity index (χ1v) is 7.43. The summed E-state index contributed by atoms with van der Waals surface area (Å²) in [5.74, 6) is -1.51. The van der Waals surface area contributed by atoms with Crippen molar-refractivity contribution >= 4 is 29.5 Å². The first-order chi connectivity index (χ1) is 9.99. The molecule has 1 aromatic carbocycles. The number of amides is 2. The van der Waals surface area contributed by atoms with Gasteiger partial charge in [-0.2, -0.15) is 0 Å². The first-order valence-electron chi connectivity index (χ1n) is 6.44. The zero-order valence-electron chi connectivity index (χ0n) is 11.5. The normalized spacial score (nSPS) is 10.1. The van der Waals surface area contributed by atoms with Gasteiger partial charge in [-0.25, -0.2) is 0 Å². The Morgan fingerprint density at radius 3 is 2.38 bits per heavy atom. The van der Waals surface area contributed by atoms with Gasteiger partial charge in [0.1, 0.15) is 6.54 Å². The van der Waals surface area contributed by atoms with Crippen LogP contribution >= 0.6 is 11.8 Å². The molecule has 1 aromatic rings. The quantitative estimate of drug-likeness (QED) is 0.522. The van der Waals surface area contributed by atoms with Crippen LogP contribution in [0, 0.1) is 0 Å². The second-order valence-electron chi connectivity index (χ2n) is 4.37. The van der Waals surface area contributed by atoms with Crippen LogP contribution in [0.3, 0.4) is 0 Å². The van der Waals surface area contributed by atoms with Gasteiger partial charge >= 0.3 is 5.97 Å². The molecule has 0 aliphatic heterocycles.